The van der Waals surface area contributed by atoms with E-state index in [0.29, 0.717) is 40.7 Å². The lowest BCUT2D eigenvalue weighted by atomic mass is 9.93. The number of hydrogen-bond acceptors (Lipinski definition) is 5. The molecule has 3 amide bonds. The van der Waals surface area contributed by atoms with E-state index in [1.807, 2.05) is 26.0 Å². The first-order chi connectivity index (χ1) is 14.2. The molecule has 2 N–H and O–H groups in total. The van der Waals surface area contributed by atoms with E-state index in [9.17, 15) is 9.59 Å². The molecule has 1 aromatic heterocycles. The molecule has 160 valence electrons. The van der Waals surface area contributed by atoms with Gasteiger partial charge >= 0.3 is 6.03 Å². The average Bonchev–Trinajstić information content (AvgIpc) is 3.08. The number of halogens is 1. The van der Waals surface area contributed by atoms with E-state index in [1.165, 1.54) is 0 Å². The van der Waals surface area contributed by atoms with Gasteiger partial charge in [0.15, 0.2) is 5.82 Å². The Balaban J connectivity index is 2.10. The summed E-state index contributed by atoms with van der Waals surface area (Å²) in [7, 11) is 1.55. The number of hydrogen-bond donors (Lipinski definition) is 2. The van der Waals surface area contributed by atoms with Crippen molar-refractivity contribution in [3.05, 3.63) is 51.3 Å². The molecule has 9 heteroatoms. The summed E-state index contributed by atoms with van der Waals surface area (Å²) in [5, 5.41) is 9.58. The number of urea groups is 1. The number of anilines is 1. The molecule has 0 saturated heterocycles. The third kappa shape index (κ3) is 4.51. The van der Waals surface area contributed by atoms with Crippen molar-refractivity contribution in [2.24, 2.45) is 5.92 Å². The van der Waals surface area contributed by atoms with Gasteiger partial charge in [0.25, 0.3) is 5.91 Å². The Kier molecular flexibility index (Phi) is 6.50. The van der Waals surface area contributed by atoms with Gasteiger partial charge in [0.05, 0.1) is 18.7 Å². The minimum absolute atomic E-state index is 0.227. The van der Waals surface area contributed by atoms with Crippen LogP contribution in [0.25, 0.3) is 0 Å². The van der Waals surface area contributed by atoms with Crippen LogP contribution in [0.4, 0.5) is 10.6 Å². The lowest BCUT2D eigenvalue weighted by Gasteiger charge is -2.36. The largest absolute Gasteiger partial charge is 0.496 e. The summed E-state index contributed by atoms with van der Waals surface area (Å²) in [6.07, 6.45) is 0. The van der Waals surface area contributed by atoms with E-state index in [-0.39, 0.29) is 17.9 Å². The van der Waals surface area contributed by atoms with Gasteiger partial charge in [-0.25, -0.2) is 4.79 Å². The Morgan fingerprint density at radius 1 is 1.37 bits per heavy atom. The molecular formula is C21H25BrN4O4. The topological polar surface area (TPSA) is 96.7 Å². The van der Waals surface area contributed by atoms with Crippen LogP contribution in [0, 0.1) is 12.8 Å². The number of aryl methyl sites for hydroxylation is 1. The second kappa shape index (κ2) is 8.91. The Hall–Kier alpha value is -2.81. The predicted octanol–water partition coefficient (Wildman–Crippen LogP) is 4.39. The van der Waals surface area contributed by atoms with Gasteiger partial charge in [-0.2, -0.15) is 0 Å². The summed E-state index contributed by atoms with van der Waals surface area (Å²) >= 11 is 3.46. The maximum atomic E-state index is 13.3. The van der Waals surface area contributed by atoms with Crippen molar-refractivity contribution < 1.29 is 18.8 Å². The highest BCUT2D eigenvalue weighted by Gasteiger charge is 2.37. The van der Waals surface area contributed by atoms with Crippen molar-refractivity contribution in [1.82, 2.24) is 15.4 Å². The molecule has 1 aliphatic rings. The molecule has 2 heterocycles. The molecule has 0 radical (unpaired) electrons. The van der Waals surface area contributed by atoms with Gasteiger partial charge in [0, 0.05) is 28.3 Å². The third-order valence-corrected chi connectivity index (χ3v) is 5.25. The highest BCUT2D eigenvalue weighted by Crippen LogP contribution is 2.37. The second-order valence-corrected chi connectivity index (χ2v) is 8.46. The third-order valence-electron chi connectivity index (χ3n) is 4.76. The summed E-state index contributed by atoms with van der Waals surface area (Å²) in [6.45, 7) is 8.04. The maximum absolute atomic E-state index is 13.3. The molecule has 1 unspecified atom stereocenters. The fraction of sp³-hybridized carbons (Fsp3) is 0.381. The van der Waals surface area contributed by atoms with Crippen LogP contribution in [0.3, 0.4) is 0 Å². The molecule has 3 rings (SSSR count). The first kappa shape index (κ1) is 21.9. The van der Waals surface area contributed by atoms with Gasteiger partial charge in [-0.3, -0.25) is 9.69 Å². The monoisotopic (exact) mass is 476 g/mol. The Morgan fingerprint density at radius 3 is 2.70 bits per heavy atom. The number of aromatic nitrogens is 1. The molecule has 0 bridgehead atoms. The second-order valence-electron chi connectivity index (χ2n) is 7.55. The number of benzene rings is 1. The molecule has 1 aliphatic heterocycles. The lowest BCUT2D eigenvalue weighted by molar-refractivity contribution is -0.113. The molecule has 0 fully saturated rings. The van der Waals surface area contributed by atoms with Crippen LogP contribution < -0.4 is 15.4 Å². The van der Waals surface area contributed by atoms with Gasteiger partial charge in [0.1, 0.15) is 11.5 Å². The number of amides is 3. The zero-order chi connectivity index (χ0) is 22.0. The molecule has 0 spiro atoms. The van der Waals surface area contributed by atoms with Crippen molar-refractivity contribution in [3.63, 3.8) is 0 Å². The first-order valence-electron chi connectivity index (χ1n) is 9.58. The molecule has 0 aliphatic carbocycles. The van der Waals surface area contributed by atoms with Crippen molar-refractivity contribution in [3.8, 4) is 5.75 Å². The van der Waals surface area contributed by atoms with E-state index in [0.717, 1.165) is 4.47 Å². The van der Waals surface area contributed by atoms with Crippen molar-refractivity contribution in [2.45, 2.75) is 33.7 Å². The van der Waals surface area contributed by atoms with Crippen molar-refractivity contribution in [1.29, 1.82) is 0 Å². The smallest absolute Gasteiger partial charge is 0.322 e. The Bertz CT molecular complexity index is 999. The minimum Gasteiger partial charge on any atom is -0.496 e. The average molecular weight is 477 g/mol. The summed E-state index contributed by atoms with van der Waals surface area (Å²) < 4.78 is 11.4. The molecule has 8 nitrogen and oxygen atoms in total. The molecule has 1 atom stereocenters. The normalized spacial score (nSPS) is 16.7. The quantitative estimate of drug-likeness (QED) is 0.644. The number of allylic oxidation sites excluding steroid dienone is 1. The van der Waals surface area contributed by atoms with Gasteiger partial charge in [-0.15, -0.1) is 0 Å². The summed E-state index contributed by atoms with van der Waals surface area (Å²) in [6, 6.07) is 6.14. The number of carbonyl (C=O) groups is 2. The van der Waals surface area contributed by atoms with Gasteiger partial charge in [0.2, 0.25) is 0 Å². The van der Waals surface area contributed by atoms with E-state index < -0.39 is 6.04 Å². The van der Waals surface area contributed by atoms with Crippen LogP contribution in [0.2, 0.25) is 0 Å². The Labute approximate surface area is 183 Å². The van der Waals surface area contributed by atoms with E-state index in [4.69, 9.17) is 9.26 Å². The summed E-state index contributed by atoms with van der Waals surface area (Å²) in [4.78, 5) is 27.8. The Morgan fingerprint density at radius 2 is 2.10 bits per heavy atom. The molecule has 30 heavy (non-hydrogen) atoms. The van der Waals surface area contributed by atoms with Gasteiger partial charge < -0.3 is 19.9 Å². The zero-order valence-electron chi connectivity index (χ0n) is 17.6. The van der Waals surface area contributed by atoms with E-state index >= 15 is 0 Å². The molecule has 0 saturated carbocycles. The predicted molar refractivity (Wildman–Crippen MR) is 116 cm³/mol. The molecule has 2 aromatic rings. The number of methoxy groups -OCH3 is 1. The molecule has 1 aromatic carbocycles. The minimum atomic E-state index is -0.693. The van der Waals surface area contributed by atoms with Crippen molar-refractivity contribution in [2.75, 3.05) is 19.0 Å². The van der Waals surface area contributed by atoms with Crippen LogP contribution in [0.1, 0.15) is 38.1 Å². The van der Waals surface area contributed by atoms with Gasteiger partial charge in [-0.1, -0.05) is 34.9 Å². The fourth-order valence-electron chi connectivity index (χ4n) is 3.43. The number of nitrogens with one attached hydrogen (secondary N) is 2. The number of rotatable bonds is 6. The zero-order valence-corrected chi connectivity index (χ0v) is 19.2. The van der Waals surface area contributed by atoms with Crippen LogP contribution >= 0.6 is 15.9 Å². The van der Waals surface area contributed by atoms with Crippen molar-refractivity contribution >= 4 is 33.7 Å². The highest BCUT2D eigenvalue weighted by molar-refractivity contribution is 9.10. The standard InChI is InChI=1S/C21H25BrN4O4/c1-11(2)10-26-13(4)18(20(27)23-17-8-12(3)30-25-17)19(24-21(26)28)15-9-14(22)6-7-16(15)29-5/h6-9,11,19H,10H2,1-5H3,(H,24,28)(H,23,25,27). The van der Waals surface area contributed by atoms with E-state index in [1.54, 1.807) is 38.0 Å². The highest BCUT2D eigenvalue weighted by atomic mass is 79.9. The number of ether oxygens (including phenoxy) is 1. The van der Waals surface area contributed by atoms with Gasteiger partial charge in [-0.05, 0) is 38.0 Å². The first-order valence-corrected chi connectivity index (χ1v) is 10.4. The fourth-order valence-corrected chi connectivity index (χ4v) is 3.81. The summed E-state index contributed by atoms with van der Waals surface area (Å²) in [5.41, 5.74) is 1.66. The lowest BCUT2D eigenvalue weighted by Crippen LogP contribution is -2.49. The van der Waals surface area contributed by atoms with E-state index in [2.05, 4.69) is 31.7 Å². The number of carbonyl (C=O) groups excluding carboxylic acids is 2. The SMILES string of the molecule is COc1ccc(Br)cc1C1NC(=O)N(CC(C)C)C(C)=C1C(=O)Nc1cc(C)on1. The van der Waals surface area contributed by atoms with Crippen LogP contribution in [0.15, 0.2) is 44.5 Å². The maximum Gasteiger partial charge on any atom is 0.322 e. The van der Waals surface area contributed by atoms with Crippen LogP contribution in [-0.2, 0) is 4.79 Å². The molecular weight excluding hydrogens is 452 g/mol. The van der Waals surface area contributed by atoms with Crippen LogP contribution in [-0.4, -0.2) is 35.6 Å². The number of nitrogens with zero attached hydrogens (tertiary/aromatic N) is 2. The van der Waals surface area contributed by atoms with Crippen LogP contribution in [0.5, 0.6) is 5.75 Å². The summed E-state index contributed by atoms with van der Waals surface area (Å²) in [5.74, 6) is 1.31.